The van der Waals surface area contributed by atoms with E-state index in [1.54, 1.807) is 0 Å². The summed E-state index contributed by atoms with van der Waals surface area (Å²) in [5, 5.41) is 9.01. The lowest BCUT2D eigenvalue weighted by atomic mass is 10.0. The Morgan fingerprint density at radius 2 is 1.95 bits per heavy atom. The van der Waals surface area contributed by atoms with Gasteiger partial charge in [0.1, 0.15) is 10.6 Å². The summed E-state index contributed by atoms with van der Waals surface area (Å²) in [6.45, 7) is 0. The summed E-state index contributed by atoms with van der Waals surface area (Å²) in [4.78, 5) is 11.1. The van der Waals surface area contributed by atoms with E-state index in [-0.39, 0.29) is 16.6 Å². The van der Waals surface area contributed by atoms with Gasteiger partial charge in [0.25, 0.3) is 0 Å². The molecule has 1 heterocycles. The van der Waals surface area contributed by atoms with Gasteiger partial charge < -0.3 is 9.67 Å². The van der Waals surface area contributed by atoms with Gasteiger partial charge in [-0.3, -0.25) is 0 Å². The van der Waals surface area contributed by atoms with E-state index in [0.717, 1.165) is 0 Å². The second kappa shape index (κ2) is 4.10. The van der Waals surface area contributed by atoms with Crippen molar-refractivity contribution in [2.75, 3.05) is 0 Å². The van der Waals surface area contributed by atoms with Crippen LogP contribution in [0.15, 0.2) is 17.2 Å². The van der Waals surface area contributed by atoms with Crippen molar-refractivity contribution in [2.45, 2.75) is 30.2 Å². The molecule has 2 bridgehead atoms. The molecular formula is C14H18N2O4S. The fourth-order valence-electron chi connectivity index (χ4n) is 4.62. The smallest absolute Gasteiger partial charge is 0.352 e. The van der Waals surface area contributed by atoms with Gasteiger partial charge in [0, 0.05) is 19.3 Å². The SMILES string of the molecule is Cn1cc(S(=O)(=O)NC2C3C4CCC(C4)C23)cc1C(=O)O. The zero-order chi connectivity index (χ0) is 14.9. The van der Waals surface area contributed by atoms with Crippen LogP contribution < -0.4 is 4.72 Å². The maximum atomic E-state index is 12.4. The van der Waals surface area contributed by atoms with E-state index < -0.39 is 16.0 Å². The minimum Gasteiger partial charge on any atom is -0.477 e. The molecule has 2 N–H and O–H groups in total. The quantitative estimate of drug-likeness (QED) is 0.870. The van der Waals surface area contributed by atoms with Gasteiger partial charge in [-0.25, -0.2) is 17.9 Å². The number of nitrogens with one attached hydrogen (secondary N) is 1. The summed E-state index contributed by atoms with van der Waals surface area (Å²) in [7, 11) is -2.09. The molecule has 0 amide bonds. The lowest BCUT2D eigenvalue weighted by Gasteiger charge is -2.10. The van der Waals surface area contributed by atoms with Gasteiger partial charge in [0.15, 0.2) is 0 Å². The Kier molecular flexibility index (Phi) is 2.60. The first-order valence-electron chi connectivity index (χ1n) is 7.30. The maximum absolute atomic E-state index is 12.4. The zero-order valence-corrected chi connectivity index (χ0v) is 12.5. The largest absolute Gasteiger partial charge is 0.477 e. The normalized spacial score (nSPS) is 36.7. The number of aromatic nitrogens is 1. The molecule has 0 aliphatic heterocycles. The molecule has 114 valence electrons. The minimum atomic E-state index is -3.63. The number of rotatable bonds is 4. The highest BCUT2D eigenvalue weighted by Gasteiger charge is 2.65. The van der Waals surface area contributed by atoms with Gasteiger partial charge in [0.05, 0.1) is 0 Å². The van der Waals surface area contributed by atoms with Crippen LogP contribution in [0.25, 0.3) is 0 Å². The lowest BCUT2D eigenvalue weighted by Crippen LogP contribution is -2.29. The Morgan fingerprint density at radius 3 is 2.48 bits per heavy atom. The molecule has 3 aliphatic carbocycles. The van der Waals surface area contributed by atoms with Crippen molar-refractivity contribution in [3.05, 3.63) is 18.0 Å². The van der Waals surface area contributed by atoms with E-state index in [2.05, 4.69) is 4.72 Å². The Bertz CT molecular complexity index is 707. The third-order valence-corrected chi connectivity index (χ3v) is 6.96. The van der Waals surface area contributed by atoms with Crippen molar-refractivity contribution >= 4 is 16.0 Å². The third kappa shape index (κ3) is 1.87. The average Bonchev–Trinajstić information content (AvgIpc) is 2.82. The molecular weight excluding hydrogens is 292 g/mol. The van der Waals surface area contributed by atoms with E-state index in [1.807, 2.05) is 0 Å². The van der Waals surface area contributed by atoms with E-state index in [1.165, 1.54) is 43.1 Å². The Balaban J connectivity index is 1.55. The molecule has 0 saturated heterocycles. The van der Waals surface area contributed by atoms with E-state index in [9.17, 15) is 13.2 Å². The molecule has 4 unspecified atom stereocenters. The van der Waals surface area contributed by atoms with Crippen LogP contribution >= 0.6 is 0 Å². The highest BCUT2D eigenvalue weighted by Crippen LogP contribution is 2.65. The van der Waals surface area contributed by atoms with Gasteiger partial charge in [0.2, 0.25) is 10.0 Å². The highest BCUT2D eigenvalue weighted by molar-refractivity contribution is 7.89. The van der Waals surface area contributed by atoms with Crippen LogP contribution in [0.4, 0.5) is 0 Å². The van der Waals surface area contributed by atoms with Crippen LogP contribution in [0, 0.1) is 23.7 Å². The zero-order valence-electron chi connectivity index (χ0n) is 11.7. The Labute approximate surface area is 123 Å². The van der Waals surface area contributed by atoms with Gasteiger partial charge in [-0.05, 0) is 49.0 Å². The third-order valence-electron chi connectivity index (χ3n) is 5.54. The number of carbonyl (C=O) groups is 1. The predicted octanol–water partition coefficient (Wildman–Crippen LogP) is 1.05. The van der Waals surface area contributed by atoms with Crippen LogP contribution in [-0.2, 0) is 17.1 Å². The highest BCUT2D eigenvalue weighted by atomic mass is 32.2. The number of sulfonamides is 1. The first-order chi connectivity index (χ1) is 9.88. The summed E-state index contributed by atoms with van der Waals surface area (Å²) in [5.74, 6) is 1.29. The number of carboxylic acid groups (broad SMARTS) is 1. The number of aryl methyl sites for hydroxylation is 1. The minimum absolute atomic E-state index is 0.0218. The average molecular weight is 310 g/mol. The molecule has 21 heavy (non-hydrogen) atoms. The topological polar surface area (TPSA) is 88.4 Å². The summed E-state index contributed by atoms with van der Waals surface area (Å²) in [5.41, 5.74) is -0.0218. The molecule has 1 aromatic rings. The first-order valence-corrected chi connectivity index (χ1v) is 8.79. The molecule has 7 heteroatoms. The molecule has 4 atom stereocenters. The number of aromatic carboxylic acids is 1. The lowest BCUT2D eigenvalue weighted by molar-refractivity contribution is 0.0686. The number of carboxylic acids is 1. The van der Waals surface area contributed by atoms with Crippen LogP contribution in [0.2, 0.25) is 0 Å². The summed E-state index contributed by atoms with van der Waals surface area (Å²) in [6, 6.07) is 1.28. The Morgan fingerprint density at radius 1 is 1.33 bits per heavy atom. The molecule has 6 nitrogen and oxygen atoms in total. The van der Waals surface area contributed by atoms with Crippen molar-refractivity contribution in [3.63, 3.8) is 0 Å². The van der Waals surface area contributed by atoms with E-state index >= 15 is 0 Å². The second-order valence-corrected chi connectivity index (χ2v) is 8.33. The number of hydrogen-bond donors (Lipinski definition) is 2. The second-order valence-electron chi connectivity index (χ2n) is 6.61. The van der Waals surface area contributed by atoms with Crippen molar-refractivity contribution < 1.29 is 18.3 Å². The molecule has 0 radical (unpaired) electrons. The van der Waals surface area contributed by atoms with E-state index in [4.69, 9.17) is 5.11 Å². The standard InChI is InChI=1S/C14H18N2O4S/c1-16-6-9(5-10(16)14(17)18)21(19,20)15-13-11-7-2-3-8(4-7)12(11)13/h5-8,11-13,15H,2-4H2,1H3,(H,17,18). The first kappa shape index (κ1) is 13.3. The van der Waals surface area contributed by atoms with Gasteiger partial charge >= 0.3 is 5.97 Å². The monoisotopic (exact) mass is 310 g/mol. The Hall–Kier alpha value is -1.34. The van der Waals surface area contributed by atoms with Gasteiger partial charge in [-0.1, -0.05) is 0 Å². The molecule has 3 aliphatic rings. The fraction of sp³-hybridized carbons (Fsp3) is 0.643. The van der Waals surface area contributed by atoms with E-state index in [0.29, 0.717) is 23.7 Å². The van der Waals surface area contributed by atoms with Crippen molar-refractivity contribution in [1.29, 1.82) is 0 Å². The van der Waals surface area contributed by atoms with Crippen LogP contribution in [-0.4, -0.2) is 30.1 Å². The van der Waals surface area contributed by atoms with Crippen LogP contribution in [0.1, 0.15) is 29.8 Å². The summed E-state index contributed by atoms with van der Waals surface area (Å²) < 4.78 is 29.0. The molecule has 3 saturated carbocycles. The van der Waals surface area contributed by atoms with Crippen molar-refractivity contribution in [2.24, 2.45) is 30.7 Å². The van der Waals surface area contributed by atoms with Crippen molar-refractivity contribution in [1.82, 2.24) is 9.29 Å². The van der Waals surface area contributed by atoms with Gasteiger partial charge in [-0.15, -0.1) is 0 Å². The van der Waals surface area contributed by atoms with Crippen molar-refractivity contribution in [3.8, 4) is 0 Å². The molecule has 0 spiro atoms. The summed E-state index contributed by atoms with van der Waals surface area (Å²) >= 11 is 0. The molecule has 3 fully saturated rings. The predicted molar refractivity (Wildman–Crippen MR) is 74.3 cm³/mol. The van der Waals surface area contributed by atoms with Crippen LogP contribution in [0.3, 0.4) is 0 Å². The van der Waals surface area contributed by atoms with Gasteiger partial charge in [-0.2, -0.15) is 0 Å². The molecule has 1 aromatic heterocycles. The number of fused-ring (bicyclic) bond motifs is 5. The maximum Gasteiger partial charge on any atom is 0.352 e. The molecule has 0 aromatic carbocycles. The summed E-state index contributed by atoms with van der Waals surface area (Å²) in [6.07, 6.45) is 5.09. The number of hydrogen-bond acceptors (Lipinski definition) is 3. The van der Waals surface area contributed by atoms with Crippen LogP contribution in [0.5, 0.6) is 0 Å². The molecule has 4 rings (SSSR count). The number of nitrogens with zero attached hydrogens (tertiary/aromatic N) is 1. The fourth-order valence-corrected chi connectivity index (χ4v) is 6.00.